The number of aromatic nitrogens is 2. The first-order chi connectivity index (χ1) is 13.0. The normalized spacial score (nSPS) is 10.5. The number of nitrogens with one attached hydrogen (secondary N) is 1. The second-order valence-corrected chi connectivity index (χ2v) is 6.19. The van der Waals surface area contributed by atoms with Gasteiger partial charge in [-0.05, 0) is 55.2 Å². The zero-order valence-electron chi connectivity index (χ0n) is 15.4. The Morgan fingerprint density at radius 2 is 1.81 bits per heavy atom. The number of anilines is 2. The van der Waals surface area contributed by atoms with Gasteiger partial charge in [-0.2, -0.15) is 4.98 Å². The highest BCUT2D eigenvalue weighted by atomic mass is 16.6. The molecule has 0 aliphatic heterocycles. The predicted molar refractivity (Wildman–Crippen MR) is 104 cm³/mol. The summed E-state index contributed by atoms with van der Waals surface area (Å²) >= 11 is 0. The topological polar surface area (TPSA) is 90.2 Å². The molecule has 1 N–H and O–H groups in total. The van der Waals surface area contributed by atoms with Crippen molar-refractivity contribution in [3.05, 3.63) is 75.6 Å². The zero-order valence-corrected chi connectivity index (χ0v) is 15.4. The molecule has 0 amide bonds. The highest BCUT2D eigenvalue weighted by molar-refractivity contribution is 5.70. The van der Waals surface area contributed by atoms with E-state index >= 15 is 0 Å². The predicted octanol–water partition coefficient (Wildman–Crippen LogP) is 5.10. The van der Waals surface area contributed by atoms with Crippen molar-refractivity contribution in [1.29, 1.82) is 0 Å². The van der Waals surface area contributed by atoms with E-state index in [2.05, 4.69) is 15.3 Å². The molecule has 27 heavy (non-hydrogen) atoms. The van der Waals surface area contributed by atoms with Gasteiger partial charge in [-0.25, -0.2) is 4.98 Å². The molecule has 0 unspecified atom stereocenters. The third-order valence-corrected chi connectivity index (χ3v) is 4.03. The average molecular weight is 364 g/mol. The minimum absolute atomic E-state index is 0.0928. The van der Waals surface area contributed by atoms with Crippen molar-refractivity contribution in [3.63, 3.8) is 0 Å². The van der Waals surface area contributed by atoms with Crippen LogP contribution < -0.4 is 10.1 Å². The van der Waals surface area contributed by atoms with Gasteiger partial charge in [0, 0.05) is 5.69 Å². The summed E-state index contributed by atoms with van der Waals surface area (Å²) in [7, 11) is 0. The summed E-state index contributed by atoms with van der Waals surface area (Å²) in [5, 5.41) is 14.8. The minimum atomic E-state index is -0.533. The van der Waals surface area contributed by atoms with Crippen LogP contribution in [0.2, 0.25) is 0 Å². The lowest BCUT2D eigenvalue weighted by molar-refractivity contribution is -0.385. The van der Waals surface area contributed by atoms with E-state index < -0.39 is 4.92 Å². The summed E-state index contributed by atoms with van der Waals surface area (Å²) in [6.07, 6.45) is 2.04. The highest BCUT2D eigenvalue weighted by Gasteiger charge is 2.25. The van der Waals surface area contributed by atoms with Gasteiger partial charge in [-0.1, -0.05) is 31.2 Å². The second kappa shape index (κ2) is 7.82. The SMILES string of the molecule is CCc1ccccc1Nc1ncnc(Oc2cc(C)cc(C)c2)c1[N+](=O)[O-]. The Morgan fingerprint density at radius 3 is 2.48 bits per heavy atom. The molecule has 3 rings (SSSR count). The molecule has 0 saturated heterocycles. The van der Waals surface area contributed by atoms with E-state index in [0.29, 0.717) is 5.75 Å². The van der Waals surface area contributed by atoms with E-state index in [1.807, 2.05) is 51.1 Å². The van der Waals surface area contributed by atoms with Gasteiger partial charge in [0.2, 0.25) is 5.82 Å². The third kappa shape index (κ3) is 4.20. The molecular weight excluding hydrogens is 344 g/mol. The van der Waals surface area contributed by atoms with Gasteiger partial charge in [0.15, 0.2) is 0 Å². The van der Waals surface area contributed by atoms with Crippen molar-refractivity contribution in [2.45, 2.75) is 27.2 Å². The lowest BCUT2D eigenvalue weighted by Gasteiger charge is -2.12. The van der Waals surface area contributed by atoms with Crippen LogP contribution in [0.25, 0.3) is 0 Å². The van der Waals surface area contributed by atoms with Crippen LogP contribution in [-0.2, 0) is 6.42 Å². The molecule has 3 aromatic rings. The van der Waals surface area contributed by atoms with E-state index in [-0.39, 0.29) is 17.4 Å². The summed E-state index contributed by atoms with van der Waals surface area (Å²) in [6.45, 7) is 5.88. The maximum atomic E-state index is 11.7. The Kier molecular flexibility index (Phi) is 5.30. The number of nitrogens with zero attached hydrogens (tertiary/aromatic N) is 3. The first-order valence-corrected chi connectivity index (χ1v) is 8.58. The fourth-order valence-electron chi connectivity index (χ4n) is 2.87. The van der Waals surface area contributed by atoms with Gasteiger partial charge in [-0.15, -0.1) is 0 Å². The number of ether oxygens (including phenoxy) is 1. The van der Waals surface area contributed by atoms with E-state index in [4.69, 9.17) is 4.74 Å². The number of benzene rings is 2. The van der Waals surface area contributed by atoms with Gasteiger partial charge in [-0.3, -0.25) is 10.1 Å². The maximum absolute atomic E-state index is 11.7. The van der Waals surface area contributed by atoms with E-state index in [1.165, 1.54) is 6.33 Å². The smallest absolute Gasteiger partial charge is 0.373 e. The second-order valence-electron chi connectivity index (χ2n) is 6.19. The van der Waals surface area contributed by atoms with Gasteiger partial charge >= 0.3 is 11.6 Å². The van der Waals surface area contributed by atoms with Crippen LogP contribution in [0.4, 0.5) is 17.2 Å². The molecule has 2 aromatic carbocycles. The Hall–Kier alpha value is -3.48. The van der Waals surface area contributed by atoms with Crippen molar-refractivity contribution in [3.8, 4) is 11.6 Å². The summed E-state index contributed by atoms with van der Waals surface area (Å²) in [6, 6.07) is 13.2. The Bertz CT molecular complexity index is 968. The van der Waals surface area contributed by atoms with Gasteiger partial charge < -0.3 is 10.1 Å². The van der Waals surface area contributed by atoms with Crippen LogP contribution in [0.1, 0.15) is 23.6 Å². The maximum Gasteiger partial charge on any atom is 0.373 e. The third-order valence-electron chi connectivity index (χ3n) is 4.03. The molecule has 7 nitrogen and oxygen atoms in total. The fraction of sp³-hybridized carbons (Fsp3) is 0.200. The largest absolute Gasteiger partial charge is 0.434 e. The lowest BCUT2D eigenvalue weighted by atomic mass is 10.1. The summed E-state index contributed by atoms with van der Waals surface area (Å²) in [5.41, 5.74) is 3.48. The Balaban J connectivity index is 2.01. The molecule has 1 aromatic heterocycles. The molecule has 0 aliphatic rings. The van der Waals surface area contributed by atoms with Crippen molar-refractivity contribution in [1.82, 2.24) is 9.97 Å². The highest BCUT2D eigenvalue weighted by Crippen LogP contribution is 2.36. The molecule has 138 valence electrons. The number of rotatable bonds is 6. The van der Waals surface area contributed by atoms with Gasteiger partial charge in [0.1, 0.15) is 12.1 Å². The van der Waals surface area contributed by atoms with Crippen LogP contribution in [-0.4, -0.2) is 14.9 Å². The molecule has 0 radical (unpaired) electrons. The van der Waals surface area contributed by atoms with Crippen molar-refractivity contribution in [2.24, 2.45) is 0 Å². The first-order valence-electron chi connectivity index (χ1n) is 8.58. The number of aryl methyl sites for hydroxylation is 3. The lowest BCUT2D eigenvalue weighted by Crippen LogP contribution is -2.04. The molecule has 0 fully saturated rings. The van der Waals surface area contributed by atoms with Crippen molar-refractivity contribution < 1.29 is 9.66 Å². The quantitative estimate of drug-likeness (QED) is 0.483. The molecule has 0 aliphatic carbocycles. The van der Waals surface area contributed by atoms with Crippen LogP contribution in [0.3, 0.4) is 0 Å². The molecule has 1 heterocycles. The van der Waals surface area contributed by atoms with Crippen molar-refractivity contribution in [2.75, 3.05) is 5.32 Å². The average Bonchev–Trinajstić information content (AvgIpc) is 2.61. The molecule has 0 spiro atoms. The Morgan fingerprint density at radius 1 is 1.11 bits per heavy atom. The molecule has 0 atom stereocenters. The number of hydrogen-bond acceptors (Lipinski definition) is 6. The monoisotopic (exact) mass is 364 g/mol. The number of para-hydroxylation sites is 1. The Labute approximate surface area is 157 Å². The minimum Gasteiger partial charge on any atom is -0.434 e. The van der Waals surface area contributed by atoms with Crippen LogP contribution in [0.15, 0.2) is 48.8 Å². The van der Waals surface area contributed by atoms with E-state index in [9.17, 15) is 10.1 Å². The standard InChI is InChI=1S/C20H20N4O3/c1-4-15-7-5-6-8-17(15)23-19-18(24(25)26)20(22-12-21-19)27-16-10-13(2)9-14(3)11-16/h5-12H,4H2,1-3H3,(H,21,22,23). The summed E-state index contributed by atoms with van der Waals surface area (Å²) in [4.78, 5) is 19.2. The first kappa shape index (κ1) is 18.3. The van der Waals surface area contributed by atoms with E-state index in [0.717, 1.165) is 28.8 Å². The molecule has 7 heteroatoms. The number of nitro groups is 1. The van der Waals surface area contributed by atoms with Gasteiger partial charge in [0.05, 0.1) is 4.92 Å². The van der Waals surface area contributed by atoms with E-state index in [1.54, 1.807) is 12.1 Å². The molecular formula is C20H20N4O3. The van der Waals surface area contributed by atoms with Crippen molar-refractivity contribution >= 4 is 17.2 Å². The summed E-state index contributed by atoms with van der Waals surface area (Å²) < 4.78 is 5.73. The summed E-state index contributed by atoms with van der Waals surface area (Å²) in [5.74, 6) is 0.487. The molecule has 0 bridgehead atoms. The van der Waals surface area contributed by atoms with Crippen LogP contribution in [0, 0.1) is 24.0 Å². The van der Waals surface area contributed by atoms with Crippen LogP contribution in [0.5, 0.6) is 11.6 Å². The fourth-order valence-corrected chi connectivity index (χ4v) is 2.87. The molecule has 0 saturated carbocycles. The van der Waals surface area contributed by atoms with Gasteiger partial charge in [0.25, 0.3) is 0 Å². The zero-order chi connectivity index (χ0) is 19.4. The van der Waals surface area contributed by atoms with Crippen LogP contribution >= 0.6 is 0 Å². The number of hydrogen-bond donors (Lipinski definition) is 1.